The van der Waals surface area contributed by atoms with Gasteiger partial charge in [0.05, 0.1) is 13.2 Å². The first-order valence-corrected chi connectivity index (χ1v) is 27.0. The highest BCUT2D eigenvalue weighted by Gasteiger charge is 2.46. The molecule has 3 unspecified atom stereocenters. The molecule has 0 aromatic carbocycles. The molecule has 7 atom stereocenters. The quantitative estimate of drug-likeness (QED) is 0.0183. The molecule has 22 heteroatoms. The molecule has 2 rings (SSSR count). The maximum absolute atomic E-state index is 12.8. The molecule has 0 amide bonds. The molecule has 388 valence electrons. The lowest BCUT2D eigenvalue weighted by Crippen LogP contribution is -2.36. The number of hydrogen-bond donors (Lipinski definition) is 7. The second-order valence-corrected chi connectivity index (χ2v) is 20.0. The average molecular weight is 988 g/mol. The van der Waals surface area contributed by atoms with Gasteiger partial charge in [0.15, 0.2) is 12.3 Å². The summed E-state index contributed by atoms with van der Waals surface area (Å²) in [5.41, 5.74) is 4.58. The number of phosphoric ester groups is 2. The maximum atomic E-state index is 12.8. The van der Waals surface area contributed by atoms with Crippen molar-refractivity contribution in [2.24, 2.45) is 0 Å². The summed E-state index contributed by atoms with van der Waals surface area (Å²) in [6.45, 7) is 2.16. The topological polar surface area (TPSA) is 335 Å². The predicted molar refractivity (Wildman–Crippen MR) is 253 cm³/mol. The Bertz CT molecular complexity index is 1580. The Labute approximate surface area is 393 Å². The van der Waals surface area contributed by atoms with Crippen molar-refractivity contribution >= 4 is 33.4 Å². The molecule has 1 fully saturated rings. The molecular formula is C44H87N5O15P2. The van der Waals surface area contributed by atoms with Crippen LogP contribution >= 0.6 is 15.6 Å². The fourth-order valence-electron chi connectivity index (χ4n) is 7.43. The third-order valence-corrected chi connectivity index (χ3v) is 13.8. The number of nitrogens with zero attached hydrogens (tertiary/aromatic N) is 2. The minimum absolute atomic E-state index is 0. The van der Waals surface area contributed by atoms with Gasteiger partial charge in [0.1, 0.15) is 30.7 Å². The average Bonchev–Trinajstić information content (AvgIpc) is 3.52. The van der Waals surface area contributed by atoms with Crippen LogP contribution in [0.5, 0.6) is 0 Å². The van der Waals surface area contributed by atoms with Crippen molar-refractivity contribution in [3.8, 4) is 0 Å². The van der Waals surface area contributed by atoms with Crippen molar-refractivity contribution in [2.75, 3.05) is 25.6 Å². The first-order valence-electron chi connectivity index (χ1n) is 24.0. The number of anilines is 1. The summed E-state index contributed by atoms with van der Waals surface area (Å²) in [4.78, 5) is 61.7. The molecule has 0 aliphatic carbocycles. The van der Waals surface area contributed by atoms with E-state index >= 15 is 0 Å². The number of aliphatic hydroxyl groups excluding tert-OH is 2. The molecule has 2 heterocycles. The van der Waals surface area contributed by atoms with E-state index in [0.717, 1.165) is 55.9 Å². The molecule has 0 saturated carbocycles. The summed E-state index contributed by atoms with van der Waals surface area (Å²) in [6, 6.07) is 1.25. The number of nitrogens with two attached hydrogens (primary N) is 1. The van der Waals surface area contributed by atoms with Crippen molar-refractivity contribution in [3.05, 3.63) is 22.7 Å². The van der Waals surface area contributed by atoms with Crippen molar-refractivity contribution in [3.63, 3.8) is 0 Å². The highest BCUT2D eigenvalue weighted by atomic mass is 31.3. The zero-order valence-electron chi connectivity index (χ0n) is 40.0. The molecule has 1 aromatic rings. The largest absolute Gasteiger partial charge is 0.481 e. The number of hydrogen-bond acceptors (Lipinski definition) is 17. The van der Waals surface area contributed by atoms with E-state index in [-0.39, 0.29) is 31.0 Å². The maximum Gasteiger partial charge on any atom is 0.481 e. The van der Waals surface area contributed by atoms with Crippen LogP contribution in [0.2, 0.25) is 0 Å². The zero-order valence-corrected chi connectivity index (χ0v) is 41.8. The Morgan fingerprint density at radius 3 is 1.56 bits per heavy atom. The van der Waals surface area contributed by atoms with Gasteiger partial charge in [-0.25, -0.2) is 13.9 Å². The highest BCUT2D eigenvalue weighted by Crippen LogP contribution is 2.60. The van der Waals surface area contributed by atoms with Crippen LogP contribution in [-0.2, 0) is 46.3 Å². The van der Waals surface area contributed by atoms with Crippen LogP contribution in [0.1, 0.15) is 200 Å². The van der Waals surface area contributed by atoms with Crippen LogP contribution in [0, 0.1) is 0 Å². The van der Waals surface area contributed by atoms with Gasteiger partial charge in [-0.1, -0.05) is 168 Å². The molecule has 20 nitrogen and oxygen atoms in total. The van der Waals surface area contributed by atoms with Crippen LogP contribution in [0.25, 0.3) is 0 Å². The second-order valence-electron chi connectivity index (χ2n) is 17.0. The van der Waals surface area contributed by atoms with Crippen LogP contribution in [0.15, 0.2) is 17.1 Å². The number of carbonyl (C=O) groups is 2. The number of unbranched alkanes of at least 4 members (excludes halogenated alkanes) is 24. The van der Waals surface area contributed by atoms with E-state index < -0.39 is 83.7 Å². The van der Waals surface area contributed by atoms with Crippen LogP contribution in [0.4, 0.5) is 5.82 Å². The molecule has 1 saturated heterocycles. The van der Waals surface area contributed by atoms with Gasteiger partial charge >= 0.3 is 33.3 Å². The minimum Gasteiger partial charge on any atom is -0.462 e. The van der Waals surface area contributed by atoms with E-state index in [1.807, 2.05) is 0 Å². The first-order chi connectivity index (χ1) is 30.7. The summed E-state index contributed by atoms with van der Waals surface area (Å²) in [5.74, 6) is -1.28. The van der Waals surface area contributed by atoms with Gasteiger partial charge in [0.2, 0.25) is 0 Å². The van der Waals surface area contributed by atoms with Crippen LogP contribution in [0.3, 0.4) is 0 Å². The predicted octanol–water partition coefficient (Wildman–Crippen LogP) is 9.44. The molecular weight excluding hydrogens is 900 g/mol. The van der Waals surface area contributed by atoms with E-state index in [0.29, 0.717) is 12.8 Å². The number of phosphoric acid groups is 2. The van der Waals surface area contributed by atoms with Crippen molar-refractivity contribution < 1.29 is 66.3 Å². The number of aromatic nitrogens is 2. The standard InChI is InChI=1S/C44H81N3O15P2.2H3N/c1-3-5-7-9-11-13-15-17-19-21-23-25-27-29-39(48)57-33-36(60-40(49)30-28-26-24-22-20-18-16-14-12-10-8-6-4-2)34-58-63(53,54)62-64(55,56)59-35-37-41(50)42(51)43(61-37)47-32-31-38(45)46-44(47)52;;/h31-32,36-37,41-43,50-51H,3-30,33-35H2,1-2H3,(H,53,54)(H,55,56)(H2,45,46,52);2*1H3/t36-,37-,41+,42?,43-;;/m1../s1. The second kappa shape index (κ2) is 37.6. The van der Waals surface area contributed by atoms with Crippen molar-refractivity contribution in [1.82, 2.24) is 21.9 Å². The van der Waals surface area contributed by atoms with E-state index in [1.54, 1.807) is 0 Å². The van der Waals surface area contributed by atoms with Gasteiger partial charge in [-0.05, 0) is 18.9 Å². The fraction of sp³-hybridized carbons (Fsp3) is 0.864. The van der Waals surface area contributed by atoms with Gasteiger partial charge in [-0.2, -0.15) is 9.29 Å². The molecule has 0 bridgehead atoms. The minimum atomic E-state index is -5.41. The van der Waals surface area contributed by atoms with Crippen molar-refractivity contribution in [1.29, 1.82) is 0 Å². The van der Waals surface area contributed by atoms with Crippen LogP contribution < -0.4 is 23.7 Å². The van der Waals surface area contributed by atoms with E-state index in [1.165, 1.54) is 115 Å². The Kier molecular flexibility index (Phi) is 36.2. The van der Waals surface area contributed by atoms with E-state index in [2.05, 4.69) is 23.1 Å². The Morgan fingerprint density at radius 2 is 1.11 bits per heavy atom. The fourth-order valence-corrected chi connectivity index (χ4v) is 9.54. The SMILES string of the molecule is CCCCCCCCCCCCCCCC(=O)OC[C@H](COP(=O)(O)OP(=O)(O)OC[C@H]1O[C@@H](n2ccc(N)nc2=O)C(O)[C@H]1O)OC(=O)CCCCCCCCCCCCCCC.N.N. The number of esters is 2. The highest BCUT2D eigenvalue weighted by molar-refractivity contribution is 7.61. The normalized spacial score (nSPS) is 19.2. The summed E-state index contributed by atoms with van der Waals surface area (Å²) >= 11 is 0. The van der Waals surface area contributed by atoms with E-state index in [4.69, 9.17) is 29.0 Å². The molecule has 66 heavy (non-hydrogen) atoms. The van der Waals surface area contributed by atoms with Gasteiger partial charge in [0, 0.05) is 19.0 Å². The van der Waals surface area contributed by atoms with Gasteiger partial charge in [-0.3, -0.25) is 23.2 Å². The molecule has 1 aliphatic heterocycles. The lowest BCUT2D eigenvalue weighted by atomic mass is 10.0. The molecule has 1 aromatic heterocycles. The summed E-state index contributed by atoms with van der Waals surface area (Å²) < 4.78 is 56.7. The number of rotatable bonds is 40. The molecule has 0 spiro atoms. The summed E-state index contributed by atoms with van der Waals surface area (Å²) in [5, 5.41) is 20.9. The van der Waals surface area contributed by atoms with Gasteiger partial charge in [-0.15, -0.1) is 0 Å². The smallest absolute Gasteiger partial charge is 0.462 e. The zero-order chi connectivity index (χ0) is 47.1. The van der Waals surface area contributed by atoms with E-state index in [9.17, 15) is 43.5 Å². The summed E-state index contributed by atoms with van der Waals surface area (Å²) in [7, 11) is -10.8. The first kappa shape index (κ1) is 63.7. The number of carbonyl (C=O) groups excluding carboxylic acids is 2. The summed E-state index contributed by atoms with van der Waals surface area (Å²) in [6.07, 6.45) is 23.3. The van der Waals surface area contributed by atoms with Crippen LogP contribution in [-0.4, -0.2) is 85.7 Å². The molecule has 1 aliphatic rings. The van der Waals surface area contributed by atoms with Gasteiger partial charge in [0.25, 0.3) is 0 Å². The lowest BCUT2D eigenvalue weighted by molar-refractivity contribution is -0.161. The van der Waals surface area contributed by atoms with Gasteiger partial charge < -0.3 is 52.2 Å². The van der Waals surface area contributed by atoms with Crippen molar-refractivity contribution in [2.45, 2.75) is 224 Å². The third-order valence-electron chi connectivity index (χ3n) is 11.2. The lowest BCUT2D eigenvalue weighted by Gasteiger charge is -2.21. The Morgan fingerprint density at radius 1 is 0.682 bits per heavy atom. The number of ether oxygens (including phenoxy) is 3. The monoisotopic (exact) mass is 988 g/mol. The molecule has 0 radical (unpaired) electrons. The Balaban J connectivity index is 0.0000211. The number of aliphatic hydroxyl groups is 2. The third kappa shape index (κ3) is 29.5. The number of nitrogen functional groups attached to an aromatic ring is 1. The Hall–Kier alpha value is -2.32. The molecule has 12 N–H and O–H groups in total.